The topological polar surface area (TPSA) is 42.0 Å². The van der Waals surface area contributed by atoms with Crippen LogP contribution in [0.4, 0.5) is 0 Å². The molecule has 1 N–H and O–H groups in total. The molecule has 0 fully saturated rings. The lowest BCUT2D eigenvalue weighted by atomic mass is 10.0. The molecule has 17 heavy (non-hydrogen) atoms. The number of nitrogens with zero attached hydrogens (tertiary/aromatic N) is 1. The predicted octanol–water partition coefficient (Wildman–Crippen LogP) is 3.55. The first-order valence-corrected chi connectivity index (χ1v) is 6.44. The van der Waals surface area contributed by atoms with Crippen LogP contribution >= 0.6 is 23.2 Å². The summed E-state index contributed by atoms with van der Waals surface area (Å²) in [5, 5.41) is 3.41. The van der Waals surface area contributed by atoms with Gasteiger partial charge in [-0.05, 0) is 18.1 Å². The largest absolute Gasteiger partial charge is 0.350 e. The van der Waals surface area contributed by atoms with Gasteiger partial charge in [-0.1, -0.05) is 49.9 Å². The van der Waals surface area contributed by atoms with E-state index in [0.717, 1.165) is 12.8 Å². The van der Waals surface area contributed by atoms with Crippen molar-refractivity contribution in [2.45, 2.75) is 26.7 Å². The standard InChI is InChI=1S/C12H16Cl2N2O/c1-3-8(4-2)7-15-12(17)11-9(13)5-6-10(14)16-11/h5-6,8H,3-4,7H2,1-2H3,(H,15,17). The van der Waals surface area contributed by atoms with Crippen molar-refractivity contribution in [2.75, 3.05) is 6.54 Å². The second kappa shape index (κ2) is 6.82. The van der Waals surface area contributed by atoms with Gasteiger partial charge in [0.1, 0.15) is 10.8 Å². The van der Waals surface area contributed by atoms with Crippen LogP contribution in [0, 0.1) is 5.92 Å². The van der Waals surface area contributed by atoms with Gasteiger partial charge in [0.2, 0.25) is 0 Å². The Labute approximate surface area is 112 Å². The highest BCUT2D eigenvalue weighted by Crippen LogP contribution is 2.16. The van der Waals surface area contributed by atoms with Crippen molar-refractivity contribution in [1.29, 1.82) is 0 Å². The second-order valence-electron chi connectivity index (χ2n) is 3.86. The average Bonchev–Trinajstić information content (AvgIpc) is 2.33. The fraction of sp³-hybridized carbons (Fsp3) is 0.500. The number of halogens is 2. The van der Waals surface area contributed by atoms with E-state index in [-0.39, 0.29) is 16.8 Å². The lowest BCUT2D eigenvalue weighted by Gasteiger charge is -2.13. The van der Waals surface area contributed by atoms with E-state index in [1.165, 1.54) is 0 Å². The van der Waals surface area contributed by atoms with E-state index in [4.69, 9.17) is 23.2 Å². The summed E-state index contributed by atoms with van der Waals surface area (Å²) in [4.78, 5) is 15.8. The molecule has 0 aromatic carbocycles. The maximum Gasteiger partial charge on any atom is 0.271 e. The van der Waals surface area contributed by atoms with Crippen LogP contribution in [0.25, 0.3) is 0 Å². The summed E-state index contributed by atoms with van der Waals surface area (Å²) in [6.45, 7) is 4.84. The van der Waals surface area contributed by atoms with Gasteiger partial charge in [0.25, 0.3) is 5.91 Å². The number of hydrogen-bond donors (Lipinski definition) is 1. The molecule has 1 rings (SSSR count). The molecule has 94 valence electrons. The van der Waals surface area contributed by atoms with Crippen LogP contribution in [-0.4, -0.2) is 17.4 Å². The first kappa shape index (κ1) is 14.3. The van der Waals surface area contributed by atoms with E-state index in [1.54, 1.807) is 12.1 Å². The minimum Gasteiger partial charge on any atom is -0.350 e. The number of pyridine rings is 1. The Morgan fingerprint density at radius 2 is 2.00 bits per heavy atom. The lowest BCUT2D eigenvalue weighted by Crippen LogP contribution is -2.29. The molecule has 1 aromatic heterocycles. The van der Waals surface area contributed by atoms with Crippen molar-refractivity contribution in [3.8, 4) is 0 Å². The summed E-state index contributed by atoms with van der Waals surface area (Å²) in [7, 11) is 0. The van der Waals surface area contributed by atoms with Gasteiger partial charge in [-0.15, -0.1) is 0 Å². The highest BCUT2D eigenvalue weighted by Gasteiger charge is 2.13. The summed E-state index contributed by atoms with van der Waals surface area (Å²) in [5.74, 6) is 0.210. The number of rotatable bonds is 5. The van der Waals surface area contributed by atoms with Crippen LogP contribution in [0.3, 0.4) is 0 Å². The number of carbonyl (C=O) groups is 1. The molecule has 0 atom stereocenters. The Kier molecular flexibility index (Phi) is 5.72. The van der Waals surface area contributed by atoms with E-state index in [0.29, 0.717) is 17.5 Å². The second-order valence-corrected chi connectivity index (χ2v) is 4.65. The Morgan fingerprint density at radius 1 is 1.35 bits per heavy atom. The van der Waals surface area contributed by atoms with Crippen LogP contribution in [0.2, 0.25) is 10.2 Å². The summed E-state index contributed by atoms with van der Waals surface area (Å²) >= 11 is 11.6. The van der Waals surface area contributed by atoms with Crippen LogP contribution < -0.4 is 5.32 Å². The number of nitrogens with one attached hydrogen (secondary N) is 1. The molecular weight excluding hydrogens is 259 g/mol. The zero-order valence-electron chi connectivity index (χ0n) is 9.96. The molecule has 0 aliphatic rings. The molecule has 0 bridgehead atoms. The van der Waals surface area contributed by atoms with E-state index in [1.807, 2.05) is 0 Å². The summed E-state index contributed by atoms with van der Waals surface area (Å²) in [6.07, 6.45) is 2.07. The van der Waals surface area contributed by atoms with E-state index >= 15 is 0 Å². The quantitative estimate of drug-likeness (QED) is 0.835. The first-order chi connectivity index (χ1) is 8.08. The summed E-state index contributed by atoms with van der Waals surface area (Å²) in [6, 6.07) is 3.13. The summed E-state index contributed by atoms with van der Waals surface area (Å²) < 4.78 is 0. The molecule has 0 aliphatic carbocycles. The molecule has 3 nitrogen and oxygen atoms in total. The minimum atomic E-state index is -0.274. The number of carbonyl (C=O) groups excluding carboxylic acids is 1. The van der Waals surface area contributed by atoms with Crippen molar-refractivity contribution < 1.29 is 4.79 Å². The third-order valence-electron chi connectivity index (χ3n) is 2.73. The first-order valence-electron chi connectivity index (χ1n) is 5.68. The van der Waals surface area contributed by atoms with Crippen molar-refractivity contribution in [2.24, 2.45) is 5.92 Å². The molecule has 0 saturated carbocycles. The van der Waals surface area contributed by atoms with E-state index in [2.05, 4.69) is 24.1 Å². The molecule has 1 heterocycles. The molecule has 0 radical (unpaired) electrons. The highest BCUT2D eigenvalue weighted by molar-refractivity contribution is 6.34. The molecule has 1 amide bonds. The number of amides is 1. The van der Waals surface area contributed by atoms with Gasteiger partial charge < -0.3 is 5.32 Å². The highest BCUT2D eigenvalue weighted by atomic mass is 35.5. The third kappa shape index (κ3) is 4.17. The van der Waals surface area contributed by atoms with Gasteiger partial charge >= 0.3 is 0 Å². The monoisotopic (exact) mass is 274 g/mol. The van der Waals surface area contributed by atoms with E-state index in [9.17, 15) is 4.79 Å². The summed E-state index contributed by atoms with van der Waals surface area (Å²) in [5.41, 5.74) is 0.185. The van der Waals surface area contributed by atoms with Gasteiger partial charge in [0, 0.05) is 6.54 Å². The lowest BCUT2D eigenvalue weighted by molar-refractivity contribution is 0.0941. The Bertz CT molecular complexity index is 392. The SMILES string of the molecule is CCC(CC)CNC(=O)c1nc(Cl)ccc1Cl. The van der Waals surface area contributed by atoms with Gasteiger partial charge in [-0.3, -0.25) is 4.79 Å². The molecule has 0 spiro atoms. The van der Waals surface area contributed by atoms with E-state index < -0.39 is 0 Å². The van der Waals surface area contributed by atoms with Crippen LogP contribution in [-0.2, 0) is 0 Å². The zero-order chi connectivity index (χ0) is 12.8. The third-order valence-corrected chi connectivity index (χ3v) is 3.25. The van der Waals surface area contributed by atoms with Gasteiger partial charge in [-0.25, -0.2) is 4.98 Å². The van der Waals surface area contributed by atoms with Gasteiger partial charge in [-0.2, -0.15) is 0 Å². The number of hydrogen-bond acceptors (Lipinski definition) is 2. The molecule has 0 aliphatic heterocycles. The molecule has 5 heteroatoms. The van der Waals surface area contributed by atoms with Crippen molar-refractivity contribution in [1.82, 2.24) is 10.3 Å². The predicted molar refractivity (Wildman–Crippen MR) is 70.7 cm³/mol. The average molecular weight is 275 g/mol. The normalized spacial score (nSPS) is 10.6. The van der Waals surface area contributed by atoms with Crippen LogP contribution in [0.5, 0.6) is 0 Å². The fourth-order valence-electron chi connectivity index (χ4n) is 1.48. The van der Waals surface area contributed by atoms with Gasteiger partial charge in [0.15, 0.2) is 0 Å². The Balaban J connectivity index is 2.66. The Morgan fingerprint density at radius 3 is 2.59 bits per heavy atom. The number of aromatic nitrogens is 1. The van der Waals surface area contributed by atoms with Crippen LogP contribution in [0.1, 0.15) is 37.2 Å². The minimum absolute atomic E-state index is 0.185. The molecular formula is C12H16Cl2N2O. The maximum absolute atomic E-state index is 11.8. The van der Waals surface area contributed by atoms with Crippen LogP contribution in [0.15, 0.2) is 12.1 Å². The molecule has 0 saturated heterocycles. The fourth-order valence-corrected chi connectivity index (χ4v) is 1.81. The molecule has 1 aromatic rings. The van der Waals surface area contributed by atoms with Crippen molar-refractivity contribution in [3.05, 3.63) is 28.0 Å². The smallest absolute Gasteiger partial charge is 0.271 e. The molecule has 0 unspecified atom stereocenters. The maximum atomic E-state index is 11.8. The van der Waals surface area contributed by atoms with Gasteiger partial charge in [0.05, 0.1) is 5.02 Å². The van der Waals surface area contributed by atoms with Crippen molar-refractivity contribution in [3.63, 3.8) is 0 Å². The van der Waals surface area contributed by atoms with Crippen molar-refractivity contribution >= 4 is 29.1 Å². The zero-order valence-corrected chi connectivity index (χ0v) is 11.5. The Hall–Kier alpha value is -0.800.